The summed E-state index contributed by atoms with van der Waals surface area (Å²) in [5.41, 5.74) is 7.60. The molecule has 1 aliphatic rings. The number of esters is 1. The standard InChI is InChI=1S/C19H18ClN3O3S/c1-10-2-4-12-14(8-21)18(27-16(12)6-10)23-17(24)9-26-19(25)13-7-11(20)3-5-15(13)22/h3,5,7,10H,2,4,6,9,22H2,1H3,(H,23,24)/t10-/m1/s1. The maximum absolute atomic E-state index is 12.2. The largest absolute Gasteiger partial charge is 0.452 e. The Bertz CT molecular complexity index is 948. The van der Waals surface area contributed by atoms with Gasteiger partial charge in [0.25, 0.3) is 5.91 Å². The summed E-state index contributed by atoms with van der Waals surface area (Å²) in [4.78, 5) is 25.4. The third kappa shape index (κ3) is 4.24. The van der Waals surface area contributed by atoms with Crippen molar-refractivity contribution in [1.82, 2.24) is 0 Å². The molecule has 3 rings (SSSR count). The van der Waals surface area contributed by atoms with Crippen LogP contribution in [0.4, 0.5) is 10.7 Å². The van der Waals surface area contributed by atoms with Gasteiger partial charge in [-0.3, -0.25) is 4.79 Å². The number of hydrogen-bond acceptors (Lipinski definition) is 6. The summed E-state index contributed by atoms with van der Waals surface area (Å²) in [7, 11) is 0. The second-order valence-corrected chi connectivity index (χ2v) is 8.07. The Balaban J connectivity index is 1.66. The van der Waals surface area contributed by atoms with Gasteiger partial charge in [-0.25, -0.2) is 4.79 Å². The minimum Gasteiger partial charge on any atom is -0.452 e. The molecule has 0 saturated heterocycles. The summed E-state index contributed by atoms with van der Waals surface area (Å²) in [6.07, 6.45) is 2.78. The maximum atomic E-state index is 12.2. The molecule has 6 nitrogen and oxygen atoms in total. The Kier molecular flexibility index (Phi) is 5.68. The molecule has 140 valence electrons. The highest BCUT2D eigenvalue weighted by atomic mass is 35.5. The van der Waals surface area contributed by atoms with E-state index >= 15 is 0 Å². The molecule has 0 aliphatic heterocycles. The van der Waals surface area contributed by atoms with Crippen molar-refractivity contribution in [1.29, 1.82) is 5.26 Å². The van der Waals surface area contributed by atoms with Gasteiger partial charge in [0.2, 0.25) is 0 Å². The molecule has 1 aromatic heterocycles. The molecule has 2 aromatic rings. The van der Waals surface area contributed by atoms with Gasteiger partial charge < -0.3 is 15.8 Å². The molecule has 0 unspecified atom stereocenters. The van der Waals surface area contributed by atoms with E-state index in [4.69, 9.17) is 22.1 Å². The summed E-state index contributed by atoms with van der Waals surface area (Å²) in [6, 6.07) is 6.63. The van der Waals surface area contributed by atoms with Crippen molar-refractivity contribution in [3.63, 3.8) is 0 Å². The van der Waals surface area contributed by atoms with Gasteiger partial charge in [0.15, 0.2) is 6.61 Å². The van der Waals surface area contributed by atoms with Crippen LogP contribution < -0.4 is 11.1 Å². The van der Waals surface area contributed by atoms with Gasteiger partial charge in [-0.2, -0.15) is 5.26 Å². The predicted molar refractivity (Wildman–Crippen MR) is 105 cm³/mol. The van der Waals surface area contributed by atoms with E-state index in [0.29, 0.717) is 21.5 Å². The fourth-order valence-electron chi connectivity index (χ4n) is 3.03. The number of hydrogen-bond donors (Lipinski definition) is 2. The molecule has 0 fully saturated rings. The SMILES string of the molecule is C[C@@H]1CCc2c(sc(NC(=O)COC(=O)c3cc(Cl)ccc3N)c2C#N)C1. The number of amides is 1. The Morgan fingerprint density at radius 3 is 3.00 bits per heavy atom. The zero-order valence-corrected chi connectivity index (χ0v) is 16.2. The van der Waals surface area contributed by atoms with E-state index < -0.39 is 18.5 Å². The first kappa shape index (κ1) is 19.2. The minimum atomic E-state index is -0.732. The summed E-state index contributed by atoms with van der Waals surface area (Å²) in [5, 5.41) is 13.0. The Labute approximate surface area is 165 Å². The molecule has 1 heterocycles. The first-order valence-corrected chi connectivity index (χ1v) is 9.65. The second-order valence-electron chi connectivity index (χ2n) is 6.52. The number of nitrogens with two attached hydrogens (primary N) is 1. The molecular weight excluding hydrogens is 386 g/mol. The highest BCUT2D eigenvalue weighted by Crippen LogP contribution is 2.39. The van der Waals surface area contributed by atoms with Gasteiger partial charge in [-0.15, -0.1) is 11.3 Å². The molecule has 27 heavy (non-hydrogen) atoms. The van der Waals surface area contributed by atoms with E-state index in [1.165, 1.54) is 23.5 Å². The zero-order chi connectivity index (χ0) is 19.6. The molecular formula is C19H18ClN3O3S. The number of nitriles is 1. The van der Waals surface area contributed by atoms with Crippen LogP contribution >= 0.6 is 22.9 Å². The smallest absolute Gasteiger partial charge is 0.340 e. The average molecular weight is 404 g/mol. The molecule has 3 N–H and O–H groups in total. The van der Waals surface area contributed by atoms with Crippen LogP contribution in [0.3, 0.4) is 0 Å². The van der Waals surface area contributed by atoms with Crippen LogP contribution in [0.2, 0.25) is 5.02 Å². The third-order valence-corrected chi connectivity index (χ3v) is 5.85. The highest BCUT2D eigenvalue weighted by Gasteiger charge is 2.25. The first-order chi connectivity index (χ1) is 12.9. The van der Waals surface area contributed by atoms with Gasteiger partial charge in [0.05, 0.1) is 11.1 Å². The Morgan fingerprint density at radius 1 is 1.48 bits per heavy atom. The number of carbonyl (C=O) groups is 2. The summed E-state index contributed by atoms with van der Waals surface area (Å²) < 4.78 is 5.02. The van der Waals surface area contributed by atoms with E-state index in [9.17, 15) is 14.9 Å². The van der Waals surface area contributed by atoms with Crippen LogP contribution in [0.1, 0.15) is 39.7 Å². The van der Waals surface area contributed by atoms with Crippen molar-refractivity contribution in [3.05, 3.63) is 44.8 Å². The normalized spacial score (nSPS) is 15.5. The van der Waals surface area contributed by atoms with Crippen LogP contribution in [-0.4, -0.2) is 18.5 Å². The van der Waals surface area contributed by atoms with Gasteiger partial charge in [0, 0.05) is 15.6 Å². The Hall–Kier alpha value is -2.56. The van der Waals surface area contributed by atoms with Crippen molar-refractivity contribution in [3.8, 4) is 6.07 Å². The summed E-state index contributed by atoms with van der Waals surface area (Å²) >= 11 is 7.27. The van der Waals surface area contributed by atoms with E-state index in [0.717, 1.165) is 29.7 Å². The Morgan fingerprint density at radius 2 is 2.26 bits per heavy atom. The average Bonchev–Trinajstić information content (AvgIpc) is 2.97. The zero-order valence-electron chi connectivity index (χ0n) is 14.7. The van der Waals surface area contributed by atoms with E-state index in [2.05, 4.69) is 18.3 Å². The quantitative estimate of drug-likeness (QED) is 0.597. The van der Waals surface area contributed by atoms with Crippen LogP contribution in [0, 0.1) is 17.2 Å². The van der Waals surface area contributed by atoms with Crippen molar-refractivity contribution in [2.75, 3.05) is 17.7 Å². The molecule has 0 radical (unpaired) electrons. The number of carbonyl (C=O) groups excluding carboxylic acids is 2. The molecule has 8 heteroatoms. The number of ether oxygens (including phenoxy) is 1. The number of rotatable bonds is 4. The molecule has 1 aliphatic carbocycles. The summed E-state index contributed by atoms with van der Waals surface area (Å²) in [6.45, 7) is 1.70. The van der Waals surface area contributed by atoms with Gasteiger partial charge in [-0.1, -0.05) is 18.5 Å². The van der Waals surface area contributed by atoms with Crippen LogP contribution in [0.5, 0.6) is 0 Å². The van der Waals surface area contributed by atoms with Crippen LogP contribution in [0.15, 0.2) is 18.2 Å². The van der Waals surface area contributed by atoms with Crippen molar-refractivity contribution in [2.45, 2.75) is 26.2 Å². The van der Waals surface area contributed by atoms with Crippen molar-refractivity contribution >= 4 is 45.5 Å². The van der Waals surface area contributed by atoms with Gasteiger partial charge in [0.1, 0.15) is 11.1 Å². The van der Waals surface area contributed by atoms with Crippen LogP contribution in [0.25, 0.3) is 0 Å². The minimum absolute atomic E-state index is 0.105. The summed E-state index contributed by atoms with van der Waals surface area (Å²) in [5.74, 6) is -0.674. The predicted octanol–water partition coefficient (Wildman–Crippen LogP) is 3.78. The number of thiophene rings is 1. The van der Waals surface area contributed by atoms with Gasteiger partial charge >= 0.3 is 5.97 Å². The van der Waals surface area contributed by atoms with E-state index in [1.807, 2.05) is 0 Å². The molecule has 0 bridgehead atoms. The lowest BCUT2D eigenvalue weighted by Gasteiger charge is -2.17. The first-order valence-electron chi connectivity index (χ1n) is 8.45. The lowest BCUT2D eigenvalue weighted by atomic mass is 9.89. The molecule has 1 amide bonds. The number of nitrogens with one attached hydrogen (secondary N) is 1. The van der Waals surface area contributed by atoms with Gasteiger partial charge in [-0.05, 0) is 48.9 Å². The molecule has 1 atom stereocenters. The maximum Gasteiger partial charge on any atom is 0.340 e. The van der Waals surface area contributed by atoms with Crippen molar-refractivity contribution in [2.24, 2.45) is 5.92 Å². The topological polar surface area (TPSA) is 105 Å². The van der Waals surface area contributed by atoms with E-state index in [-0.39, 0.29) is 11.3 Å². The fourth-order valence-corrected chi connectivity index (χ4v) is 4.58. The number of benzene rings is 1. The number of halogens is 1. The lowest BCUT2D eigenvalue weighted by Crippen LogP contribution is -2.21. The van der Waals surface area contributed by atoms with Crippen molar-refractivity contribution < 1.29 is 14.3 Å². The number of nitrogens with zero attached hydrogens (tertiary/aromatic N) is 1. The lowest BCUT2D eigenvalue weighted by molar-refractivity contribution is -0.119. The number of nitrogen functional groups attached to an aromatic ring is 1. The highest BCUT2D eigenvalue weighted by molar-refractivity contribution is 7.16. The molecule has 0 saturated carbocycles. The number of anilines is 2. The third-order valence-electron chi connectivity index (χ3n) is 4.45. The second kappa shape index (κ2) is 7.99. The van der Waals surface area contributed by atoms with E-state index in [1.54, 1.807) is 6.07 Å². The van der Waals surface area contributed by atoms with Crippen LogP contribution in [-0.2, 0) is 22.4 Å². The monoisotopic (exact) mass is 403 g/mol. The number of fused-ring (bicyclic) bond motifs is 1. The fraction of sp³-hybridized carbons (Fsp3) is 0.316. The molecule has 0 spiro atoms. The molecule has 1 aromatic carbocycles.